The smallest absolute Gasteiger partial charge is 0.261 e. The molecule has 0 bridgehead atoms. The summed E-state index contributed by atoms with van der Waals surface area (Å²) in [7, 11) is 5.54. The number of methoxy groups -OCH3 is 1. The lowest BCUT2D eigenvalue weighted by molar-refractivity contribution is -0.121. The molecule has 1 heterocycles. The molecule has 3 rings (SSSR count). The Morgan fingerprint density at radius 3 is 2.55 bits per heavy atom. The number of benzene rings is 2. The van der Waals surface area contributed by atoms with Crippen molar-refractivity contribution in [3.8, 4) is 5.75 Å². The van der Waals surface area contributed by atoms with Gasteiger partial charge in [-0.25, -0.2) is 0 Å². The first-order valence-corrected chi connectivity index (χ1v) is 10.4. The molecular weight excluding hydrogens is 394 g/mol. The highest BCUT2D eigenvalue weighted by atomic mass is 16.5. The van der Waals surface area contributed by atoms with E-state index in [0.717, 1.165) is 16.9 Å². The van der Waals surface area contributed by atoms with E-state index >= 15 is 0 Å². The van der Waals surface area contributed by atoms with Crippen molar-refractivity contribution in [2.24, 2.45) is 0 Å². The highest BCUT2D eigenvalue weighted by Gasteiger charge is 2.35. The Hall–Kier alpha value is -3.19. The van der Waals surface area contributed by atoms with Crippen molar-refractivity contribution < 1.29 is 19.1 Å². The summed E-state index contributed by atoms with van der Waals surface area (Å²) in [6.07, 6.45) is 0.659. The molecule has 1 atom stereocenters. The van der Waals surface area contributed by atoms with E-state index in [1.165, 1.54) is 4.90 Å². The maximum Gasteiger partial charge on any atom is 0.261 e. The van der Waals surface area contributed by atoms with Crippen molar-refractivity contribution in [2.45, 2.75) is 25.8 Å². The van der Waals surface area contributed by atoms with Gasteiger partial charge in [0.15, 0.2) is 0 Å². The summed E-state index contributed by atoms with van der Waals surface area (Å²) < 4.78 is 5.29. The van der Waals surface area contributed by atoms with Crippen molar-refractivity contribution in [3.63, 3.8) is 0 Å². The van der Waals surface area contributed by atoms with E-state index in [-0.39, 0.29) is 36.7 Å². The number of fused-ring (bicyclic) bond motifs is 1. The summed E-state index contributed by atoms with van der Waals surface area (Å²) in [6.45, 7) is 2.56. The number of rotatable bonds is 9. The second-order valence-corrected chi connectivity index (χ2v) is 7.97. The molecule has 1 unspecified atom stereocenters. The molecule has 2 aromatic rings. The Balaban J connectivity index is 1.51. The van der Waals surface area contributed by atoms with E-state index in [1.54, 1.807) is 19.2 Å². The van der Waals surface area contributed by atoms with Gasteiger partial charge < -0.3 is 15.0 Å². The number of likely N-dealkylation sites (N-methyl/N-ethyl adjacent to an activating group) is 1. The van der Waals surface area contributed by atoms with Gasteiger partial charge in [-0.15, -0.1) is 0 Å². The predicted octanol–water partition coefficient (Wildman–Crippen LogP) is 2.80. The minimum atomic E-state index is -0.286. The molecule has 0 aromatic heterocycles. The van der Waals surface area contributed by atoms with Crippen LogP contribution in [0.3, 0.4) is 0 Å². The van der Waals surface area contributed by atoms with Crippen molar-refractivity contribution in [2.75, 3.05) is 34.3 Å². The van der Waals surface area contributed by atoms with Crippen LogP contribution in [0.5, 0.6) is 5.75 Å². The van der Waals surface area contributed by atoms with Crippen LogP contribution in [-0.2, 0) is 4.79 Å². The van der Waals surface area contributed by atoms with Crippen LogP contribution in [0.25, 0.3) is 0 Å². The zero-order valence-electron chi connectivity index (χ0n) is 18.5. The molecule has 0 radical (unpaired) electrons. The number of carbonyl (C=O) groups excluding carboxylic acids is 3. The number of nitrogens with one attached hydrogen (secondary N) is 1. The maximum absolute atomic E-state index is 12.5. The largest absolute Gasteiger partial charge is 0.497 e. The highest BCUT2D eigenvalue weighted by molar-refractivity contribution is 6.21. The first-order valence-electron chi connectivity index (χ1n) is 10.4. The third-order valence-electron chi connectivity index (χ3n) is 5.51. The fourth-order valence-corrected chi connectivity index (χ4v) is 3.75. The summed E-state index contributed by atoms with van der Waals surface area (Å²) in [5.41, 5.74) is 2.87. The van der Waals surface area contributed by atoms with Crippen LogP contribution in [-0.4, -0.2) is 61.8 Å². The third kappa shape index (κ3) is 5.11. The summed E-state index contributed by atoms with van der Waals surface area (Å²) >= 11 is 0. The molecule has 164 valence electrons. The van der Waals surface area contributed by atoms with Crippen molar-refractivity contribution >= 4 is 17.7 Å². The monoisotopic (exact) mass is 423 g/mol. The van der Waals surface area contributed by atoms with Gasteiger partial charge in [0.05, 0.1) is 24.3 Å². The van der Waals surface area contributed by atoms with E-state index in [4.69, 9.17) is 4.74 Å². The van der Waals surface area contributed by atoms with Gasteiger partial charge in [0.1, 0.15) is 5.75 Å². The van der Waals surface area contributed by atoms with Gasteiger partial charge in [-0.1, -0.05) is 23.8 Å². The maximum atomic E-state index is 12.5. The Kier molecular flexibility index (Phi) is 7.07. The van der Waals surface area contributed by atoms with Gasteiger partial charge in [0.25, 0.3) is 11.8 Å². The molecular formula is C24H29N3O4. The van der Waals surface area contributed by atoms with Crippen LogP contribution in [0.1, 0.15) is 50.7 Å². The molecule has 3 amide bonds. The Bertz CT molecular complexity index is 987. The molecule has 1 N–H and O–H groups in total. The van der Waals surface area contributed by atoms with E-state index in [1.807, 2.05) is 56.3 Å². The number of nitrogens with zero attached hydrogens (tertiary/aromatic N) is 2. The highest BCUT2D eigenvalue weighted by Crippen LogP contribution is 2.24. The van der Waals surface area contributed by atoms with E-state index in [9.17, 15) is 14.4 Å². The molecule has 31 heavy (non-hydrogen) atoms. The zero-order chi connectivity index (χ0) is 22.5. The molecule has 1 aliphatic rings. The minimum Gasteiger partial charge on any atom is -0.497 e. The molecule has 0 saturated carbocycles. The van der Waals surface area contributed by atoms with Crippen LogP contribution in [0.2, 0.25) is 0 Å². The summed E-state index contributed by atoms with van der Waals surface area (Å²) in [5, 5.41) is 2.96. The number of carbonyl (C=O) groups is 3. The molecule has 2 aromatic carbocycles. The van der Waals surface area contributed by atoms with E-state index < -0.39 is 0 Å². The van der Waals surface area contributed by atoms with Crippen LogP contribution >= 0.6 is 0 Å². The first kappa shape index (κ1) is 22.5. The standard InChI is InChI=1S/C24H29N3O4/c1-16-10-11-19-20(13-16)24(30)27(23(19)29)12-6-9-22(28)25-15-21(26(2)3)17-7-5-8-18(14-17)31-4/h5,7-8,10-11,13-14,21H,6,9,12,15H2,1-4H3,(H,25,28). The number of amides is 3. The van der Waals surface area contributed by atoms with Gasteiger partial charge in [0, 0.05) is 19.5 Å². The van der Waals surface area contributed by atoms with Crippen LogP contribution in [0.15, 0.2) is 42.5 Å². The summed E-state index contributed by atoms with van der Waals surface area (Å²) in [5.74, 6) is 0.0925. The zero-order valence-corrected chi connectivity index (χ0v) is 18.5. The van der Waals surface area contributed by atoms with Gasteiger partial charge in [-0.3, -0.25) is 19.3 Å². The van der Waals surface area contributed by atoms with E-state index in [0.29, 0.717) is 24.1 Å². The topological polar surface area (TPSA) is 79.0 Å². The predicted molar refractivity (Wildman–Crippen MR) is 118 cm³/mol. The molecule has 0 fully saturated rings. The van der Waals surface area contributed by atoms with Crippen molar-refractivity contribution in [1.82, 2.24) is 15.1 Å². The Morgan fingerprint density at radius 2 is 1.84 bits per heavy atom. The number of ether oxygens (including phenoxy) is 1. The molecule has 0 spiro atoms. The number of aryl methyl sites for hydroxylation is 1. The molecule has 0 aliphatic carbocycles. The summed E-state index contributed by atoms with van der Waals surface area (Å²) in [6, 6.07) is 13.0. The fraction of sp³-hybridized carbons (Fsp3) is 0.375. The lowest BCUT2D eigenvalue weighted by atomic mass is 10.1. The van der Waals surface area contributed by atoms with Gasteiger partial charge in [0.2, 0.25) is 5.91 Å². The number of hydrogen-bond acceptors (Lipinski definition) is 5. The van der Waals surface area contributed by atoms with Crippen molar-refractivity contribution in [1.29, 1.82) is 0 Å². The average molecular weight is 424 g/mol. The van der Waals surface area contributed by atoms with E-state index in [2.05, 4.69) is 5.32 Å². The quantitative estimate of drug-likeness (QED) is 0.628. The van der Waals surface area contributed by atoms with Crippen LogP contribution in [0.4, 0.5) is 0 Å². The molecule has 1 aliphatic heterocycles. The Labute approximate surface area is 183 Å². The lowest BCUT2D eigenvalue weighted by Gasteiger charge is -2.25. The SMILES string of the molecule is COc1cccc(C(CNC(=O)CCCN2C(=O)c3ccc(C)cc3C2=O)N(C)C)c1. The second kappa shape index (κ2) is 9.75. The number of hydrogen-bond donors (Lipinski definition) is 1. The van der Waals surface area contributed by atoms with Gasteiger partial charge in [-0.2, -0.15) is 0 Å². The van der Waals surface area contributed by atoms with Crippen LogP contribution < -0.4 is 10.1 Å². The van der Waals surface area contributed by atoms with Crippen LogP contribution in [0, 0.1) is 6.92 Å². The molecule has 0 saturated heterocycles. The first-order chi connectivity index (χ1) is 14.8. The molecule has 7 nitrogen and oxygen atoms in total. The normalized spacial score (nSPS) is 14.0. The van der Waals surface area contributed by atoms with Gasteiger partial charge in [-0.05, 0) is 57.3 Å². The average Bonchev–Trinajstić information content (AvgIpc) is 2.98. The third-order valence-corrected chi connectivity index (χ3v) is 5.51. The Morgan fingerprint density at radius 1 is 1.10 bits per heavy atom. The van der Waals surface area contributed by atoms with Gasteiger partial charge >= 0.3 is 0 Å². The molecule has 7 heteroatoms. The lowest BCUT2D eigenvalue weighted by Crippen LogP contribution is -2.35. The second-order valence-electron chi connectivity index (χ2n) is 7.97. The minimum absolute atomic E-state index is 0.00136. The van der Waals surface area contributed by atoms with Crippen molar-refractivity contribution in [3.05, 3.63) is 64.7 Å². The fourth-order valence-electron chi connectivity index (χ4n) is 3.75. The number of imide groups is 1. The summed E-state index contributed by atoms with van der Waals surface area (Å²) in [4.78, 5) is 40.7.